The molecule has 0 saturated heterocycles. The second-order valence-electron chi connectivity index (χ2n) is 3.70. The molecule has 1 aromatic heterocycles. The topological polar surface area (TPSA) is 61.0 Å². The summed E-state index contributed by atoms with van der Waals surface area (Å²) in [6, 6.07) is 9.72. The highest BCUT2D eigenvalue weighted by Gasteiger charge is 2.01. The molecule has 1 heterocycles. The highest BCUT2D eigenvalue weighted by molar-refractivity contribution is 5.30. The highest BCUT2D eigenvalue weighted by atomic mass is 16.5. The number of methoxy groups -OCH3 is 1. The summed E-state index contributed by atoms with van der Waals surface area (Å²) in [5.74, 6) is 1.62. The molecule has 0 radical (unpaired) electrons. The third-order valence-corrected chi connectivity index (χ3v) is 2.47. The summed E-state index contributed by atoms with van der Waals surface area (Å²) in [6.45, 7) is 0.438. The van der Waals surface area contributed by atoms with Crippen molar-refractivity contribution in [2.24, 2.45) is 5.73 Å². The van der Waals surface area contributed by atoms with Gasteiger partial charge < -0.3 is 10.5 Å². The quantitative estimate of drug-likeness (QED) is 0.863. The van der Waals surface area contributed by atoms with E-state index in [1.165, 1.54) is 0 Å². The Morgan fingerprint density at radius 1 is 1.29 bits per heavy atom. The van der Waals surface area contributed by atoms with Crippen LogP contribution in [-0.4, -0.2) is 17.1 Å². The zero-order valence-electron chi connectivity index (χ0n) is 9.76. The van der Waals surface area contributed by atoms with Gasteiger partial charge >= 0.3 is 0 Å². The fourth-order valence-electron chi connectivity index (χ4n) is 1.61. The molecule has 88 valence electrons. The normalized spacial score (nSPS) is 10.2. The number of hydrogen-bond acceptors (Lipinski definition) is 4. The predicted octanol–water partition coefficient (Wildman–Crippen LogP) is 1.53. The van der Waals surface area contributed by atoms with Gasteiger partial charge in [0.05, 0.1) is 12.8 Å². The largest absolute Gasteiger partial charge is 0.497 e. The van der Waals surface area contributed by atoms with E-state index in [9.17, 15) is 0 Å². The Bertz CT molecular complexity index is 454. The Morgan fingerprint density at radius 2 is 2.18 bits per heavy atom. The maximum atomic E-state index is 5.55. The van der Waals surface area contributed by atoms with Crippen LogP contribution in [0.15, 0.2) is 36.5 Å². The number of nitrogens with zero attached hydrogens (tertiary/aromatic N) is 2. The molecule has 0 bridgehead atoms. The lowest BCUT2D eigenvalue weighted by molar-refractivity contribution is 0.414. The van der Waals surface area contributed by atoms with E-state index >= 15 is 0 Å². The summed E-state index contributed by atoms with van der Waals surface area (Å²) in [7, 11) is 1.66. The Hall–Kier alpha value is -1.94. The number of nitrogens with two attached hydrogens (primary N) is 1. The van der Waals surface area contributed by atoms with Gasteiger partial charge in [0.15, 0.2) is 0 Å². The van der Waals surface area contributed by atoms with Crippen molar-refractivity contribution >= 4 is 0 Å². The summed E-state index contributed by atoms with van der Waals surface area (Å²) in [5.41, 5.74) is 7.53. The SMILES string of the molecule is COc1cccc(Cc2nccc(CN)n2)c1. The third kappa shape index (κ3) is 3.01. The van der Waals surface area contributed by atoms with E-state index in [0.29, 0.717) is 13.0 Å². The van der Waals surface area contributed by atoms with Gasteiger partial charge in [-0.1, -0.05) is 12.1 Å². The van der Waals surface area contributed by atoms with Crippen LogP contribution in [0.3, 0.4) is 0 Å². The second kappa shape index (κ2) is 5.41. The van der Waals surface area contributed by atoms with Crippen molar-refractivity contribution in [2.45, 2.75) is 13.0 Å². The van der Waals surface area contributed by atoms with Crippen LogP contribution in [-0.2, 0) is 13.0 Å². The molecule has 2 N–H and O–H groups in total. The van der Waals surface area contributed by atoms with Gasteiger partial charge in [0.1, 0.15) is 11.6 Å². The van der Waals surface area contributed by atoms with Gasteiger partial charge in [-0.15, -0.1) is 0 Å². The fraction of sp³-hybridized carbons (Fsp3) is 0.231. The van der Waals surface area contributed by atoms with Crippen molar-refractivity contribution in [2.75, 3.05) is 7.11 Å². The van der Waals surface area contributed by atoms with Crippen molar-refractivity contribution in [1.29, 1.82) is 0 Å². The van der Waals surface area contributed by atoms with Crippen molar-refractivity contribution in [3.8, 4) is 5.75 Å². The molecule has 0 amide bonds. The fourth-order valence-corrected chi connectivity index (χ4v) is 1.61. The van der Waals surface area contributed by atoms with Crippen LogP contribution in [0.2, 0.25) is 0 Å². The van der Waals surface area contributed by atoms with Gasteiger partial charge in [-0.05, 0) is 23.8 Å². The van der Waals surface area contributed by atoms with E-state index in [2.05, 4.69) is 9.97 Å². The van der Waals surface area contributed by atoms with Gasteiger partial charge in [-0.25, -0.2) is 9.97 Å². The lowest BCUT2D eigenvalue weighted by Gasteiger charge is -2.04. The minimum Gasteiger partial charge on any atom is -0.497 e. The Balaban J connectivity index is 2.18. The summed E-state index contributed by atoms with van der Waals surface area (Å²) in [6.07, 6.45) is 2.43. The van der Waals surface area contributed by atoms with Crippen LogP contribution in [0.4, 0.5) is 0 Å². The Morgan fingerprint density at radius 3 is 2.94 bits per heavy atom. The zero-order chi connectivity index (χ0) is 12.1. The molecule has 4 nitrogen and oxygen atoms in total. The minimum absolute atomic E-state index is 0.438. The molecule has 17 heavy (non-hydrogen) atoms. The van der Waals surface area contributed by atoms with E-state index in [-0.39, 0.29) is 0 Å². The minimum atomic E-state index is 0.438. The first kappa shape index (κ1) is 11.5. The summed E-state index contributed by atoms with van der Waals surface area (Å²) >= 11 is 0. The van der Waals surface area contributed by atoms with Crippen LogP contribution in [0.25, 0.3) is 0 Å². The maximum Gasteiger partial charge on any atom is 0.132 e. The molecule has 0 unspecified atom stereocenters. The molecule has 1 aromatic carbocycles. The van der Waals surface area contributed by atoms with Crippen molar-refractivity contribution in [3.63, 3.8) is 0 Å². The maximum absolute atomic E-state index is 5.55. The first-order valence-corrected chi connectivity index (χ1v) is 5.45. The van der Waals surface area contributed by atoms with Gasteiger partial charge in [0.25, 0.3) is 0 Å². The molecular formula is C13H15N3O. The van der Waals surface area contributed by atoms with E-state index in [1.807, 2.05) is 30.3 Å². The average Bonchev–Trinajstić information content (AvgIpc) is 2.39. The molecule has 2 rings (SSSR count). The van der Waals surface area contributed by atoms with Crippen LogP contribution in [0.5, 0.6) is 5.75 Å². The molecule has 0 aliphatic heterocycles. The summed E-state index contributed by atoms with van der Waals surface area (Å²) in [4.78, 5) is 8.60. The lowest BCUT2D eigenvalue weighted by atomic mass is 10.1. The van der Waals surface area contributed by atoms with Gasteiger partial charge in [0, 0.05) is 19.2 Å². The number of hydrogen-bond donors (Lipinski definition) is 1. The standard InChI is InChI=1S/C13H15N3O/c1-17-12-4-2-3-10(7-12)8-13-15-6-5-11(9-14)16-13/h2-7H,8-9,14H2,1H3. The Kier molecular flexibility index (Phi) is 3.67. The number of aromatic nitrogens is 2. The van der Waals surface area contributed by atoms with Crippen molar-refractivity contribution in [3.05, 3.63) is 53.6 Å². The number of benzene rings is 1. The van der Waals surface area contributed by atoms with E-state index in [0.717, 1.165) is 22.8 Å². The molecule has 0 aliphatic rings. The van der Waals surface area contributed by atoms with E-state index in [4.69, 9.17) is 10.5 Å². The van der Waals surface area contributed by atoms with E-state index < -0.39 is 0 Å². The summed E-state index contributed by atoms with van der Waals surface area (Å²) in [5, 5.41) is 0. The molecule has 0 saturated carbocycles. The third-order valence-electron chi connectivity index (χ3n) is 2.47. The molecule has 2 aromatic rings. The molecule has 0 fully saturated rings. The molecular weight excluding hydrogens is 214 g/mol. The first-order chi connectivity index (χ1) is 8.31. The zero-order valence-corrected chi connectivity index (χ0v) is 9.76. The molecule has 4 heteroatoms. The van der Waals surface area contributed by atoms with Crippen LogP contribution in [0.1, 0.15) is 17.1 Å². The monoisotopic (exact) mass is 229 g/mol. The van der Waals surface area contributed by atoms with Crippen LogP contribution in [0, 0.1) is 0 Å². The van der Waals surface area contributed by atoms with Crippen molar-refractivity contribution < 1.29 is 4.74 Å². The highest BCUT2D eigenvalue weighted by Crippen LogP contribution is 2.14. The molecule has 0 aliphatic carbocycles. The van der Waals surface area contributed by atoms with E-state index in [1.54, 1.807) is 13.3 Å². The summed E-state index contributed by atoms with van der Waals surface area (Å²) < 4.78 is 5.18. The molecule has 0 atom stereocenters. The lowest BCUT2D eigenvalue weighted by Crippen LogP contribution is -2.04. The first-order valence-electron chi connectivity index (χ1n) is 5.45. The van der Waals surface area contributed by atoms with Gasteiger partial charge in [-0.2, -0.15) is 0 Å². The number of ether oxygens (including phenoxy) is 1. The smallest absolute Gasteiger partial charge is 0.132 e. The average molecular weight is 229 g/mol. The Labute approximate surface area is 100 Å². The van der Waals surface area contributed by atoms with Gasteiger partial charge in [-0.3, -0.25) is 0 Å². The predicted molar refractivity (Wildman–Crippen MR) is 65.7 cm³/mol. The second-order valence-corrected chi connectivity index (χ2v) is 3.70. The van der Waals surface area contributed by atoms with Crippen molar-refractivity contribution in [1.82, 2.24) is 9.97 Å². The van der Waals surface area contributed by atoms with Crippen LogP contribution >= 0.6 is 0 Å². The molecule has 0 spiro atoms. The van der Waals surface area contributed by atoms with Crippen LogP contribution < -0.4 is 10.5 Å². The number of rotatable bonds is 4. The van der Waals surface area contributed by atoms with Gasteiger partial charge in [0.2, 0.25) is 0 Å².